The topological polar surface area (TPSA) is 89.7 Å². The predicted molar refractivity (Wildman–Crippen MR) is 67.2 cm³/mol. The second kappa shape index (κ2) is 6.36. The molecular formula is C11H16N2O4S. The number of rotatable bonds is 5. The molecule has 0 heterocycles. The average Bonchev–Trinajstić information content (AvgIpc) is 2.33. The third kappa shape index (κ3) is 5.65. The zero-order valence-electron chi connectivity index (χ0n) is 10.1. The molecule has 100 valence electrons. The summed E-state index contributed by atoms with van der Waals surface area (Å²) < 4.78 is 26.5. The molecule has 18 heavy (non-hydrogen) atoms. The summed E-state index contributed by atoms with van der Waals surface area (Å²) in [5, 5.41) is 4.84. The zero-order chi connectivity index (χ0) is 13.6. The Morgan fingerprint density at radius 1 is 1.33 bits per heavy atom. The SMILES string of the molecule is CN(CCS(N)(=O)=O)C(=O)OCc1ccccc1. The number of hydrogen-bond donors (Lipinski definition) is 1. The molecule has 0 aliphatic carbocycles. The number of ether oxygens (including phenoxy) is 1. The van der Waals surface area contributed by atoms with Crippen molar-refractivity contribution in [1.29, 1.82) is 0 Å². The van der Waals surface area contributed by atoms with E-state index in [0.29, 0.717) is 0 Å². The van der Waals surface area contributed by atoms with Gasteiger partial charge in [0.15, 0.2) is 0 Å². The zero-order valence-corrected chi connectivity index (χ0v) is 10.9. The first-order valence-electron chi connectivity index (χ1n) is 5.31. The Morgan fingerprint density at radius 3 is 2.50 bits per heavy atom. The van der Waals surface area contributed by atoms with Crippen molar-refractivity contribution in [2.45, 2.75) is 6.61 Å². The Labute approximate surface area is 106 Å². The van der Waals surface area contributed by atoms with E-state index in [1.807, 2.05) is 30.3 Å². The van der Waals surface area contributed by atoms with Crippen molar-refractivity contribution in [2.24, 2.45) is 5.14 Å². The molecule has 0 saturated heterocycles. The first-order chi connectivity index (χ1) is 8.38. The van der Waals surface area contributed by atoms with Crippen molar-refractivity contribution in [1.82, 2.24) is 4.90 Å². The Morgan fingerprint density at radius 2 is 1.94 bits per heavy atom. The number of benzene rings is 1. The number of carbonyl (C=O) groups excluding carboxylic acids is 1. The molecular weight excluding hydrogens is 256 g/mol. The van der Waals surface area contributed by atoms with E-state index in [-0.39, 0.29) is 18.9 Å². The molecule has 0 saturated carbocycles. The third-order valence-corrected chi connectivity index (χ3v) is 2.98. The number of hydrogen-bond acceptors (Lipinski definition) is 4. The third-order valence-electron chi connectivity index (χ3n) is 2.23. The standard InChI is InChI=1S/C11H16N2O4S/c1-13(7-8-18(12,15)16)11(14)17-9-10-5-3-2-4-6-10/h2-6H,7-9H2,1H3,(H2,12,15,16). The first kappa shape index (κ1) is 14.5. The molecule has 0 spiro atoms. The molecule has 1 aromatic rings. The lowest BCUT2D eigenvalue weighted by molar-refractivity contribution is 0.106. The monoisotopic (exact) mass is 272 g/mol. The van der Waals surface area contributed by atoms with Crippen LogP contribution in [0, 0.1) is 0 Å². The summed E-state index contributed by atoms with van der Waals surface area (Å²) in [6, 6.07) is 9.21. The maximum Gasteiger partial charge on any atom is 0.409 e. The van der Waals surface area contributed by atoms with Crippen molar-refractivity contribution in [2.75, 3.05) is 19.3 Å². The van der Waals surface area contributed by atoms with Crippen LogP contribution < -0.4 is 5.14 Å². The van der Waals surface area contributed by atoms with Gasteiger partial charge in [-0.25, -0.2) is 18.4 Å². The Kier molecular flexibility index (Phi) is 5.11. The Hall–Kier alpha value is -1.60. The normalized spacial score (nSPS) is 11.0. The smallest absolute Gasteiger partial charge is 0.409 e. The maximum atomic E-state index is 11.5. The summed E-state index contributed by atoms with van der Waals surface area (Å²) in [6.45, 7) is 0.159. The summed E-state index contributed by atoms with van der Waals surface area (Å²) in [5.41, 5.74) is 0.866. The molecule has 0 bridgehead atoms. The van der Waals surface area contributed by atoms with E-state index in [4.69, 9.17) is 9.88 Å². The summed E-state index contributed by atoms with van der Waals surface area (Å²) in [5.74, 6) is -0.288. The van der Waals surface area contributed by atoms with E-state index in [2.05, 4.69) is 0 Å². The summed E-state index contributed by atoms with van der Waals surface area (Å²) >= 11 is 0. The average molecular weight is 272 g/mol. The van der Waals surface area contributed by atoms with Gasteiger partial charge in [0.25, 0.3) is 0 Å². The highest BCUT2D eigenvalue weighted by Gasteiger charge is 2.12. The van der Waals surface area contributed by atoms with Gasteiger partial charge in [-0.1, -0.05) is 30.3 Å². The van der Waals surface area contributed by atoms with Gasteiger partial charge in [-0.2, -0.15) is 0 Å². The van der Waals surface area contributed by atoms with Gasteiger partial charge >= 0.3 is 6.09 Å². The second-order valence-corrected chi connectivity index (χ2v) is 5.56. The van der Waals surface area contributed by atoms with Crippen molar-refractivity contribution < 1.29 is 17.9 Å². The number of carbonyl (C=O) groups is 1. The van der Waals surface area contributed by atoms with Gasteiger partial charge in [0.2, 0.25) is 10.0 Å². The van der Waals surface area contributed by atoms with Gasteiger partial charge in [-0.05, 0) is 5.56 Å². The van der Waals surface area contributed by atoms with Crippen LogP contribution >= 0.6 is 0 Å². The number of nitrogens with zero attached hydrogens (tertiary/aromatic N) is 1. The van der Waals surface area contributed by atoms with Crippen LogP contribution in [0.3, 0.4) is 0 Å². The van der Waals surface area contributed by atoms with Crippen molar-refractivity contribution in [3.63, 3.8) is 0 Å². The maximum absolute atomic E-state index is 11.5. The van der Waals surface area contributed by atoms with E-state index >= 15 is 0 Å². The molecule has 0 atom stereocenters. The summed E-state index contributed by atoms with van der Waals surface area (Å²) in [4.78, 5) is 12.7. The van der Waals surface area contributed by atoms with Crippen LogP contribution in [0.15, 0.2) is 30.3 Å². The first-order valence-corrected chi connectivity index (χ1v) is 7.02. The minimum Gasteiger partial charge on any atom is -0.445 e. The van der Waals surface area contributed by atoms with Crippen LogP contribution in [-0.2, 0) is 21.4 Å². The molecule has 1 amide bonds. The molecule has 7 heteroatoms. The Balaban J connectivity index is 2.37. The fourth-order valence-electron chi connectivity index (χ4n) is 1.18. The molecule has 1 rings (SSSR count). The van der Waals surface area contributed by atoms with Gasteiger partial charge in [-0.15, -0.1) is 0 Å². The van der Waals surface area contributed by atoms with Gasteiger partial charge in [-0.3, -0.25) is 0 Å². The van der Waals surface area contributed by atoms with Gasteiger partial charge in [0, 0.05) is 13.6 Å². The van der Waals surface area contributed by atoms with Gasteiger partial charge < -0.3 is 9.64 Å². The van der Waals surface area contributed by atoms with E-state index in [0.717, 1.165) is 5.56 Å². The second-order valence-electron chi connectivity index (χ2n) is 3.83. The lowest BCUT2D eigenvalue weighted by Crippen LogP contribution is -2.33. The molecule has 6 nitrogen and oxygen atoms in total. The molecule has 0 aliphatic rings. The lowest BCUT2D eigenvalue weighted by Gasteiger charge is -2.16. The van der Waals surface area contributed by atoms with Gasteiger partial charge in [0.1, 0.15) is 6.61 Å². The van der Waals surface area contributed by atoms with Crippen LogP contribution in [0.5, 0.6) is 0 Å². The van der Waals surface area contributed by atoms with E-state index in [1.54, 1.807) is 0 Å². The molecule has 2 N–H and O–H groups in total. The summed E-state index contributed by atoms with van der Waals surface area (Å²) in [7, 11) is -2.11. The predicted octanol–water partition coefficient (Wildman–Crippen LogP) is 0.543. The van der Waals surface area contributed by atoms with E-state index in [1.165, 1.54) is 11.9 Å². The summed E-state index contributed by atoms with van der Waals surface area (Å²) in [6.07, 6.45) is -0.581. The highest BCUT2D eigenvalue weighted by Crippen LogP contribution is 2.02. The van der Waals surface area contributed by atoms with E-state index < -0.39 is 16.1 Å². The van der Waals surface area contributed by atoms with Crippen molar-refractivity contribution in [3.05, 3.63) is 35.9 Å². The minimum absolute atomic E-state index is 0.00641. The van der Waals surface area contributed by atoms with Crippen molar-refractivity contribution in [3.8, 4) is 0 Å². The van der Waals surface area contributed by atoms with Crippen molar-refractivity contribution >= 4 is 16.1 Å². The highest BCUT2D eigenvalue weighted by molar-refractivity contribution is 7.89. The minimum atomic E-state index is -3.57. The lowest BCUT2D eigenvalue weighted by atomic mass is 10.2. The van der Waals surface area contributed by atoms with Gasteiger partial charge in [0.05, 0.1) is 5.75 Å². The highest BCUT2D eigenvalue weighted by atomic mass is 32.2. The van der Waals surface area contributed by atoms with Crippen LogP contribution in [-0.4, -0.2) is 38.8 Å². The van der Waals surface area contributed by atoms with E-state index in [9.17, 15) is 13.2 Å². The number of sulfonamides is 1. The Bertz CT molecular complexity index is 487. The number of amides is 1. The fraction of sp³-hybridized carbons (Fsp3) is 0.364. The van der Waals surface area contributed by atoms with Crippen LogP contribution in [0.2, 0.25) is 0 Å². The molecule has 1 aromatic carbocycles. The van der Waals surface area contributed by atoms with Crippen LogP contribution in [0.1, 0.15) is 5.56 Å². The molecule has 0 fully saturated rings. The molecule has 0 aliphatic heterocycles. The quantitative estimate of drug-likeness (QED) is 0.847. The molecule has 0 aromatic heterocycles. The van der Waals surface area contributed by atoms with Crippen LogP contribution in [0.4, 0.5) is 4.79 Å². The molecule has 0 unspecified atom stereocenters. The fourth-order valence-corrected chi connectivity index (χ4v) is 1.71. The molecule has 0 radical (unpaired) electrons. The number of primary sulfonamides is 1. The number of nitrogens with two attached hydrogens (primary N) is 1. The van der Waals surface area contributed by atoms with Crippen LogP contribution in [0.25, 0.3) is 0 Å². The largest absolute Gasteiger partial charge is 0.445 e.